The number of aryl methyl sites for hydroxylation is 1. The lowest BCUT2D eigenvalue weighted by Gasteiger charge is -2.08. The quantitative estimate of drug-likeness (QED) is 0.810. The number of carbonyl (C=O) groups is 1. The average Bonchev–Trinajstić information content (AvgIpc) is 2.33. The first-order chi connectivity index (χ1) is 8.97. The van der Waals surface area contributed by atoms with E-state index in [-0.39, 0.29) is 5.91 Å². The van der Waals surface area contributed by atoms with Crippen molar-refractivity contribution in [1.29, 1.82) is 0 Å². The zero-order valence-corrected chi connectivity index (χ0v) is 12.3. The molecule has 0 unspecified atom stereocenters. The predicted octanol–water partition coefficient (Wildman–Crippen LogP) is 5.21. The summed E-state index contributed by atoms with van der Waals surface area (Å²) in [5.74, 6) is -0.304. The Kier molecular flexibility index (Phi) is 4.35. The number of hydrogen-bond donors (Lipinski definition) is 1. The van der Waals surface area contributed by atoms with Crippen LogP contribution in [0.25, 0.3) is 0 Å². The van der Waals surface area contributed by atoms with Gasteiger partial charge in [0, 0.05) is 15.7 Å². The van der Waals surface area contributed by atoms with E-state index in [0.29, 0.717) is 26.3 Å². The van der Waals surface area contributed by atoms with Crippen LogP contribution in [-0.2, 0) is 0 Å². The summed E-state index contributed by atoms with van der Waals surface area (Å²) < 4.78 is 0. The van der Waals surface area contributed by atoms with Gasteiger partial charge in [-0.3, -0.25) is 4.79 Å². The van der Waals surface area contributed by atoms with Gasteiger partial charge < -0.3 is 5.32 Å². The maximum atomic E-state index is 12.1. The van der Waals surface area contributed by atoms with Crippen molar-refractivity contribution in [2.24, 2.45) is 0 Å². The third kappa shape index (κ3) is 3.41. The highest BCUT2D eigenvalue weighted by Crippen LogP contribution is 2.24. The first-order valence-electron chi connectivity index (χ1n) is 5.50. The molecule has 1 amide bonds. The van der Waals surface area contributed by atoms with E-state index < -0.39 is 0 Å². The van der Waals surface area contributed by atoms with Crippen molar-refractivity contribution in [2.45, 2.75) is 6.92 Å². The zero-order chi connectivity index (χ0) is 14.0. The van der Waals surface area contributed by atoms with Crippen molar-refractivity contribution in [2.75, 3.05) is 5.32 Å². The van der Waals surface area contributed by atoms with Crippen LogP contribution in [0.1, 0.15) is 15.9 Å². The number of benzene rings is 2. The van der Waals surface area contributed by atoms with Gasteiger partial charge in [0.2, 0.25) is 0 Å². The van der Waals surface area contributed by atoms with E-state index in [1.54, 1.807) is 24.3 Å². The molecule has 0 bridgehead atoms. The first-order valence-corrected chi connectivity index (χ1v) is 6.63. The largest absolute Gasteiger partial charge is 0.322 e. The number of anilines is 1. The van der Waals surface area contributed by atoms with Crippen LogP contribution in [0.3, 0.4) is 0 Å². The van der Waals surface area contributed by atoms with Crippen molar-refractivity contribution >= 4 is 46.4 Å². The molecule has 98 valence electrons. The van der Waals surface area contributed by atoms with E-state index in [4.69, 9.17) is 34.8 Å². The van der Waals surface area contributed by atoms with E-state index in [0.717, 1.165) is 5.56 Å². The van der Waals surface area contributed by atoms with Gasteiger partial charge in [0.25, 0.3) is 5.91 Å². The van der Waals surface area contributed by atoms with Gasteiger partial charge in [-0.1, -0.05) is 40.9 Å². The highest BCUT2D eigenvalue weighted by molar-refractivity contribution is 6.37. The molecule has 0 aliphatic heterocycles. The Morgan fingerprint density at radius 1 is 1.00 bits per heavy atom. The van der Waals surface area contributed by atoms with Crippen LogP contribution in [0.5, 0.6) is 0 Å². The van der Waals surface area contributed by atoms with Gasteiger partial charge in [-0.2, -0.15) is 0 Å². The molecule has 19 heavy (non-hydrogen) atoms. The fourth-order valence-corrected chi connectivity index (χ4v) is 2.22. The molecule has 0 aliphatic carbocycles. The number of hydrogen-bond acceptors (Lipinski definition) is 1. The van der Waals surface area contributed by atoms with Crippen molar-refractivity contribution < 1.29 is 4.79 Å². The summed E-state index contributed by atoms with van der Waals surface area (Å²) >= 11 is 17.8. The Morgan fingerprint density at radius 3 is 2.37 bits per heavy atom. The first kappa shape index (κ1) is 14.2. The van der Waals surface area contributed by atoms with Crippen LogP contribution in [0.2, 0.25) is 15.1 Å². The van der Waals surface area contributed by atoms with Gasteiger partial charge in [0.1, 0.15) is 0 Å². The number of carbonyl (C=O) groups excluding carboxylic acids is 1. The molecule has 0 atom stereocenters. The van der Waals surface area contributed by atoms with Gasteiger partial charge in [0.15, 0.2) is 0 Å². The summed E-state index contributed by atoms with van der Waals surface area (Å²) in [6.07, 6.45) is 0. The topological polar surface area (TPSA) is 29.1 Å². The second-order valence-corrected chi connectivity index (χ2v) is 5.29. The van der Waals surface area contributed by atoms with Crippen molar-refractivity contribution in [1.82, 2.24) is 0 Å². The number of amides is 1. The zero-order valence-electron chi connectivity index (χ0n) is 10.0. The molecule has 1 N–H and O–H groups in total. The normalized spacial score (nSPS) is 10.3. The summed E-state index contributed by atoms with van der Waals surface area (Å²) in [6, 6.07) is 10.0. The minimum atomic E-state index is -0.304. The van der Waals surface area contributed by atoms with Gasteiger partial charge >= 0.3 is 0 Å². The Hall–Kier alpha value is -1.22. The van der Waals surface area contributed by atoms with E-state index in [9.17, 15) is 4.79 Å². The molecule has 5 heteroatoms. The summed E-state index contributed by atoms with van der Waals surface area (Å²) in [7, 11) is 0. The molecule has 2 aromatic rings. The lowest BCUT2D eigenvalue weighted by molar-refractivity contribution is 0.102. The van der Waals surface area contributed by atoms with Crippen LogP contribution in [-0.4, -0.2) is 5.91 Å². The van der Waals surface area contributed by atoms with Crippen LogP contribution < -0.4 is 5.32 Å². The monoisotopic (exact) mass is 313 g/mol. The second-order valence-electron chi connectivity index (χ2n) is 4.04. The standard InChI is InChI=1S/C14H10Cl3NO/c1-8-2-4-10(7-12(8)16)18-14(19)11-5-3-9(15)6-13(11)17/h2-7H,1H3,(H,18,19). The van der Waals surface area contributed by atoms with E-state index in [2.05, 4.69) is 5.32 Å². The Balaban J connectivity index is 2.23. The molecule has 0 aliphatic rings. The molecule has 0 spiro atoms. The summed E-state index contributed by atoms with van der Waals surface area (Å²) in [5.41, 5.74) is 1.93. The maximum absolute atomic E-state index is 12.1. The van der Waals surface area contributed by atoms with Gasteiger partial charge in [-0.05, 0) is 42.8 Å². The fraction of sp³-hybridized carbons (Fsp3) is 0.0714. The molecule has 0 saturated carbocycles. The van der Waals surface area contributed by atoms with Crippen molar-refractivity contribution in [3.05, 3.63) is 62.6 Å². The van der Waals surface area contributed by atoms with Gasteiger partial charge in [0.05, 0.1) is 10.6 Å². The molecule has 0 radical (unpaired) electrons. The number of nitrogens with one attached hydrogen (secondary N) is 1. The number of halogens is 3. The van der Waals surface area contributed by atoms with E-state index in [1.807, 2.05) is 13.0 Å². The minimum Gasteiger partial charge on any atom is -0.322 e. The van der Waals surface area contributed by atoms with Crippen LogP contribution in [0.15, 0.2) is 36.4 Å². The molecule has 2 aromatic carbocycles. The summed E-state index contributed by atoms with van der Waals surface area (Å²) in [5, 5.41) is 4.13. The fourth-order valence-electron chi connectivity index (χ4n) is 1.54. The SMILES string of the molecule is Cc1ccc(NC(=O)c2ccc(Cl)cc2Cl)cc1Cl. The third-order valence-corrected chi connectivity index (χ3v) is 3.56. The highest BCUT2D eigenvalue weighted by atomic mass is 35.5. The number of rotatable bonds is 2. The molecule has 0 heterocycles. The van der Waals surface area contributed by atoms with Crippen molar-refractivity contribution in [3.63, 3.8) is 0 Å². The summed E-state index contributed by atoms with van der Waals surface area (Å²) in [4.78, 5) is 12.1. The molecule has 2 nitrogen and oxygen atoms in total. The Labute approximate surface area is 126 Å². The van der Waals surface area contributed by atoms with E-state index >= 15 is 0 Å². The van der Waals surface area contributed by atoms with Crippen molar-refractivity contribution in [3.8, 4) is 0 Å². The average molecular weight is 315 g/mol. The molecule has 0 fully saturated rings. The lowest BCUT2D eigenvalue weighted by Crippen LogP contribution is -2.12. The van der Waals surface area contributed by atoms with Gasteiger partial charge in [-0.25, -0.2) is 0 Å². The minimum absolute atomic E-state index is 0.304. The summed E-state index contributed by atoms with van der Waals surface area (Å²) in [6.45, 7) is 1.89. The molecular formula is C14H10Cl3NO. The predicted molar refractivity (Wildman–Crippen MR) is 80.6 cm³/mol. The molecule has 0 aromatic heterocycles. The maximum Gasteiger partial charge on any atom is 0.257 e. The Bertz CT molecular complexity index is 641. The molecule has 0 saturated heterocycles. The van der Waals surface area contributed by atoms with E-state index in [1.165, 1.54) is 6.07 Å². The van der Waals surface area contributed by atoms with Gasteiger partial charge in [-0.15, -0.1) is 0 Å². The van der Waals surface area contributed by atoms with Crippen LogP contribution in [0.4, 0.5) is 5.69 Å². The smallest absolute Gasteiger partial charge is 0.257 e. The van der Waals surface area contributed by atoms with Crippen LogP contribution in [0, 0.1) is 6.92 Å². The van der Waals surface area contributed by atoms with Crippen LogP contribution >= 0.6 is 34.8 Å². The Morgan fingerprint density at radius 2 is 1.74 bits per heavy atom. The lowest BCUT2D eigenvalue weighted by atomic mass is 10.2. The second kappa shape index (κ2) is 5.83. The molecular weight excluding hydrogens is 305 g/mol. The third-order valence-electron chi connectivity index (χ3n) is 2.61. The molecule has 2 rings (SSSR count). The highest BCUT2D eigenvalue weighted by Gasteiger charge is 2.11.